The van der Waals surface area contributed by atoms with E-state index in [0.717, 1.165) is 0 Å². The Morgan fingerprint density at radius 1 is 1.47 bits per heavy atom. The molecule has 0 spiro atoms. The topological polar surface area (TPSA) is 83.6 Å². The zero-order valence-electron chi connectivity index (χ0n) is 7.91. The molecule has 2 amide bonds. The largest absolute Gasteiger partial charge is 0.481 e. The minimum atomic E-state index is -4.59. The number of hydrogen-bond donors (Lipinski definition) is 2. The van der Waals surface area contributed by atoms with Crippen molar-refractivity contribution in [2.75, 3.05) is 13.1 Å². The Kier molecular flexibility index (Phi) is 4.38. The van der Waals surface area contributed by atoms with E-state index in [4.69, 9.17) is 5.11 Å². The van der Waals surface area contributed by atoms with Crippen LogP contribution in [0.3, 0.4) is 0 Å². The summed E-state index contributed by atoms with van der Waals surface area (Å²) in [7, 11) is 0. The Balaban J connectivity index is 4.42. The van der Waals surface area contributed by atoms with Crippen LogP contribution in [0.2, 0.25) is 0 Å². The number of rotatable bonds is 4. The number of halogens is 3. The maximum atomic E-state index is 11.9. The number of nitrogens with two attached hydrogens (primary N) is 1. The lowest BCUT2D eigenvalue weighted by atomic mass is 10.2. The zero-order chi connectivity index (χ0) is 12.2. The molecule has 0 aliphatic rings. The van der Waals surface area contributed by atoms with Crippen LogP contribution in [0.15, 0.2) is 0 Å². The van der Waals surface area contributed by atoms with Gasteiger partial charge in [0.15, 0.2) is 0 Å². The number of alkyl halides is 3. The zero-order valence-corrected chi connectivity index (χ0v) is 7.91. The van der Waals surface area contributed by atoms with Gasteiger partial charge in [-0.05, 0) is 0 Å². The van der Waals surface area contributed by atoms with Crippen molar-refractivity contribution >= 4 is 12.0 Å². The average Bonchev–Trinajstić information content (AvgIpc) is 1.99. The molecule has 0 fully saturated rings. The summed E-state index contributed by atoms with van der Waals surface area (Å²) in [6.45, 7) is -0.918. The SMILES string of the molecule is CC(CN(CC(F)(F)F)C(N)=O)C(=O)O. The Morgan fingerprint density at radius 3 is 2.20 bits per heavy atom. The summed E-state index contributed by atoms with van der Waals surface area (Å²) in [6.07, 6.45) is -4.59. The number of carboxylic acid groups (broad SMARTS) is 1. The van der Waals surface area contributed by atoms with Crippen LogP contribution in [0, 0.1) is 5.92 Å². The second-order valence-electron chi connectivity index (χ2n) is 3.07. The maximum Gasteiger partial charge on any atom is 0.406 e. The highest BCUT2D eigenvalue weighted by Gasteiger charge is 2.33. The summed E-state index contributed by atoms with van der Waals surface area (Å²) in [5, 5.41) is 8.45. The minimum Gasteiger partial charge on any atom is -0.481 e. The lowest BCUT2D eigenvalue weighted by Gasteiger charge is -2.23. The molecule has 15 heavy (non-hydrogen) atoms. The Labute approximate surface area is 83.6 Å². The van der Waals surface area contributed by atoms with Crippen molar-refractivity contribution in [2.45, 2.75) is 13.1 Å². The van der Waals surface area contributed by atoms with Crippen molar-refractivity contribution in [1.82, 2.24) is 4.90 Å². The first-order chi connectivity index (χ1) is 6.63. The van der Waals surface area contributed by atoms with Gasteiger partial charge in [0.05, 0.1) is 5.92 Å². The van der Waals surface area contributed by atoms with Crippen LogP contribution in [0.25, 0.3) is 0 Å². The van der Waals surface area contributed by atoms with Gasteiger partial charge >= 0.3 is 18.2 Å². The molecule has 0 saturated heterocycles. The molecule has 0 aromatic rings. The molecule has 3 N–H and O–H groups in total. The average molecular weight is 228 g/mol. The van der Waals surface area contributed by atoms with E-state index in [2.05, 4.69) is 5.73 Å². The first kappa shape index (κ1) is 13.5. The van der Waals surface area contributed by atoms with Gasteiger partial charge in [-0.1, -0.05) is 6.92 Å². The number of amides is 2. The molecule has 0 radical (unpaired) electrons. The van der Waals surface area contributed by atoms with E-state index in [1.807, 2.05) is 0 Å². The highest BCUT2D eigenvalue weighted by atomic mass is 19.4. The summed E-state index contributed by atoms with van der Waals surface area (Å²) < 4.78 is 35.8. The van der Waals surface area contributed by atoms with Gasteiger partial charge in [0.25, 0.3) is 0 Å². The van der Waals surface area contributed by atoms with Crippen molar-refractivity contribution in [3.05, 3.63) is 0 Å². The predicted molar refractivity (Wildman–Crippen MR) is 44.0 cm³/mol. The van der Waals surface area contributed by atoms with Crippen LogP contribution in [-0.4, -0.2) is 41.3 Å². The number of hydrogen-bond acceptors (Lipinski definition) is 2. The van der Waals surface area contributed by atoms with Crippen molar-refractivity contribution < 1.29 is 27.9 Å². The van der Waals surface area contributed by atoms with Crippen LogP contribution >= 0.6 is 0 Å². The summed E-state index contributed by atoms with van der Waals surface area (Å²) in [6, 6.07) is -1.29. The molecular formula is C7H11F3N2O3. The molecule has 8 heteroatoms. The predicted octanol–water partition coefficient (Wildman–Crippen LogP) is 0.650. The van der Waals surface area contributed by atoms with Crippen LogP contribution in [0.5, 0.6) is 0 Å². The number of urea groups is 1. The lowest BCUT2D eigenvalue weighted by molar-refractivity contribution is -0.148. The highest BCUT2D eigenvalue weighted by Crippen LogP contribution is 2.17. The van der Waals surface area contributed by atoms with Gasteiger partial charge in [-0.15, -0.1) is 0 Å². The fraction of sp³-hybridized carbons (Fsp3) is 0.714. The molecular weight excluding hydrogens is 217 g/mol. The standard InChI is InChI=1S/C7H11F3N2O3/c1-4(5(13)14)2-12(6(11)15)3-7(8,9)10/h4H,2-3H2,1H3,(H2,11,15)(H,13,14). The van der Waals surface area contributed by atoms with Crippen molar-refractivity contribution in [3.63, 3.8) is 0 Å². The van der Waals surface area contributed by atoms with Gasteiger partial charge < -0.3 is 15.7 Å². The van der Waals surface area contributed by atoms with Gasteiger partial charge in [0.1, 0.15) is 6.54 Å². The monoisotopic (exact) mass is 228 g/mol. The van der Waals surface area contributed by atoms with Gasteiger partial charge in [0, 0.05) is 6.54 Å². The fourth-order valence-corrected chi connectivity index (χ4v) is 0.858. The molecule has 0 rings (SSSR count). The number of primary amides is 1. The Hall–Kier alpha value is -1.47. The van der Waals surface area contributed by atoms with Crippen LogP contribution in [0.4, 0.5) is 18.0 Å². The first-order valence-electron chi connectivity index (χ1n) is 3.97. The van der Waals surface area contributed by atoms with Crippen LogP contribution in [0.1, 0.15) is 6.92 Å². The van der Waals surface area contributed by atoms with Crippen molar-refractivity contribution in [3.8, 4) is 0 Å². The second kappa shape index (κ2) is 4.85. The van der Waals surface area contributed by atoms with Gasteiger partial charge in [-0.2, -0.15) is 13.2 Å². The van der Waals surface area contributed by atoms with E-state index >= 15 is 0 Å². The molecule has 0 saturated carbocycles. The van der Waals surface area contributed by atoms with Crippen molar-refractivity contribution in [1.29, 1.82) is 0 Å². The first-order valence-corrected chi connectivity index (χ1v) is 3.97. The van der Waals surface area contributed by atoms with Crippen LogP contribution < -0.4 is 5.73 Å². The van der Waals surface area contributed by atoms with Crippen molar-refractivity contribution in [2.24, 2.45) is 11.7 Å². The summed E-state index contributed by atoms with van der Waals surface area (Å²) in [5.41, 5.74) is 4.69. The van der Waals surface area contributed by atoms with E-state index < -0.39 is 37.2 Å². The Bertz CT molecular complexity index is 254. The van der Waals surface area contributed by atoms with Gasteiger partial charge in [-0.3, -0.25) is 4.79 Å². The molecule has 0 aromatic carbocycles. The van der Waals surface area contributed by atoms with Gasteiger partial charge in [-0.25, -0.2) is 4.79 Å². The number of carboxylic acids is 1. The third kappa shape index (κ3) is 5.76. The molecule has 0 aliphatic carbocycles. The molecule has 0 heterocycles. The number of aliphatic carboxylic acids is 1. The molecule has 5 nitrogen and oxygen atoms in total. The second-order valence-corrected chi connectivity index (χ2v) is 3.07. The van der Waals surface area contributed by atoms with Crippen LogP contribution in [-0.2, 0) is 4.79 Å². The summed E-state index contributed by atoms with van der Waals surface area (Å²) >= 11 is 0. The van der Waals surface area contributed by atoms with E-state index in [1.165, 1.54) is 6.92 Å². The van der Waals surface area contributed by atoms with E-state index in [9.17, 15) is 22.8 Å². The Morgan fingerprint density at radius 2 is 1.93 bits per heavy atom. The quantitative estimate of drug-likeness (QED) is 0.740. The molecule has 0 aromatic heterocycles. The molecule has 88 valence electrons. The number of carbonyl (C=O) groups excluding carboxylic acids is 1. The molecule has 1 unspecified atom stereocenters. The molecule has 0 aliphatic heterocycles. The van der Waals surface area contributed by atoms with E-state index in [0.29, 0.717) is 0 Å². The fourth-order valence-electron chi connectivity index (χ4n) is 0.858. The van der Waals surface area contributed by atoms with E-state index in [-0.39, 0.29) is 4.90 Å². The third-order valence-electron chi connectivity index (χ3n) is 1.60. The normalized spacial score (nSPS) is 13.3. The number of nitrogens with zero attached hydrogens (tertiary/aromatic N) is 1. The minimum absolute atomic E-state index is 0.249. The molecule has 0 bridgehead atoms. The molecule has 1 atom stereocenters. The summed E-state index contributed by atoms with van der Waals surface area (Å²) in [4.78, 5) is 21.2. The van der Waals surface area contributed by atoms with E-state index in [1.54, 1.807) is 0 Å². The summed E-state index contributed by atoms with van der Waals surface area (Å²) in [5.74, 6) is -2.39. The maximum absolute atomic E-state index is 11.9. The smallest absolute Gasteiger partial charge is 0.406 e. The van der Waals surface area contributed by atoms with Gasteiger partial charge in [0.2, 0.25) is 0 Å². The lowest BCUT2D eigenvalue weighted by Crippen LogP contribution is -2.45. The number of carbonyl (C=O) groups is 2. The highest BCUT2D eigenvalue weighted by molar-refractivity contribution is 5.74. The third-order valence-corrected chi connectivity index (χ3v) is 1.60.